The van der Waals surface area contributed by atoms with Crippen molar-refractivity contribution in [3.8, 4) is 0 Å². The minimum absolute atomic E-state index is 0.196. The summed E-state index contributed by atoms with van der Waals surface area (Å²) in [5.41, 5.74) is 1.06. The van der Waals surface area contributed by atoms with E-state index in [-0.39, 0.29) is 18.5 Å². The number of hydrogen-bond acceptors (Lipinski definition) is 2. The Morgan fingerprint density at radius 3 is 2.57 bits per heavy atom. The molecule has 1 rings (SSSR count). The van der Waals surface area contributed by atoms with Crippen LogP contribution >= 0.6 is 0 Å². The van der Waals surface area contributed by atoms with Crippen molar-refractivity contribution in [1.29, 1.82) is 0 Å². The molecule has 1 aromatic carbocycles. The third kappa shape index (κ3) is 3.44. The number of rotatable bonds is 5. The van der Waals surface area contributed by atoms with E-state index >= 15 is 0 Å². The Balaban J connectivity index is 2.43. The summed E-state index contributed by atoms with van der Waals surface area (Å²) in [7, 11) is 0. The highest BCUT2D eigenvalue weighted by atomic mass is 19.1. The average molecular weight is 197 g/mol. The largest absolute Gasteiger partial charge is 0.396 e. The van der Waals surface area contributed by atoms with Crippen LogP contribution in [0, 0.1) is 5.82 Å². The summed E-state index contributed by atoms with van der Waals surface area (Å²) in [4.78, 5) is 0. The summed E-state index contributed by atoms with van der Waals surface area (Å²) in [6.07, 6.45) is 0.742. The van der Waals surface area contributed by atoms with Gasteiger partial charge < -0.3 is 10.4 Å². The fraction of sp³-hybridized carbons (Fsp3) is 0.455. The second-order valence-electron chi connectivity index (χ2n) is 3.30. The molecule has 0 amide bonds. The zero-order chi connectivity index (χ0) is 10.4. The predicted molar refractivity (Wildman–Crippen MR) is 54.5 cm³/mol. The second kappa shape index (κ2) is 5.73. The molecular weight excluding hydrogens is 181 g/mol. The molecule has 0 aliphatic heterocycles. The number of nitrogens with one attached hydrogen (secondary N) is 1. The van der Waals surface area contributed by atoms with E-state index in [0.29, 0.717) is 0 Å². The van der Waals surface area contributed by atoms with Crippen molar-refractivity contribution in [2.45, 2.75) is 19.4 Å². The van der Waals surface area contributed by atoms with E-state index in [1.54, 1.807) is 12.1 Å². The van der Waals surface area contributed by atoms with Crippen molar-refractivity contribution in [2.75, 3.05) is 13.2 Å². The molecule has 0 bridgehead atoms. The van der Waals surface area contributed by atoms with E-state index in [4.69, 9.17) is 5.11 Å². The molecule has 0 spiro atoms. The van der Waals surface area contributed by atoms with Gasteiger partial charge in [-0.25, -0.2) is 4.39 Å². The highest BCUT2D eigenvalue weighted by Crippen LogP contribution is 2.12. The quantitative estimate of drug-likeness (QED) is 0.706. The predicted octanol–water partition coefficient (Wildman–Crippen LogP) is 1.86. The van der Waals surface area contributed by atoms with Crippen LogP contribution in [0.25, 0.3) is 0 Å². The van der Waals surface area contributed by atoms with Gasteiger partial charge in [0, 0.05) is 12.6 Å². The van der Waals surface area contributed by atoms with Gasteiger partial charge in [-0.05, 0) is 37.6 Å². The smallest absolute Gasteiger partial charge is 0.123 e. The van der Waals surface area contributed by atoms with Crippen LogP contribution in [0.5, 0.6) is 0 Å². The Bertz CT molecular complexity index is 260. The molecule has 0 unspecified atom stereocenters. The van der Waals surface area contributed by atoms with Crippen LogP contribution in [-0.4, -0.2) is 18.3 Å². The Hall–Kier alpha value is -0.930. The van der Waals surface area contributed by atoms with Gasteiger partial charge in [-0.3, -0.25) is 0 Å². The minimum Gasteiger partial charge on any atom is -0.396 e. The van der Waals surface area contributed by atoms with Gasteiger partial charge in [-0.15, -0.1) is 0 Å². The summed E-state index contributed by atoms with van der Waals surface area (Å²) in [6, 6.07) is 6.65. The number of aliphatic hydroxyl groups is 1. The van der Waals surface area contributed by atoms with Crippen LogP contribution in [0.1, 0.15) is 24.9 Å². The molecule has 0 saturated heterocycles. The van der Waals surface area contributed by atoms with Crippen LogP contribution in [0.4, 0.5) is 4.39 Å². The molecule has 0 radical (unpaired) electrons. The van der Waals surface area contributed by atoms with Gasteiger partial charge in [-0.2, -0.15) is 0 Å². The normalized spacial score (nSPS) is 12.8. The summed E-state index contributed by atoms with van der Waals surface area (Å²) in [5.74, 6) is -0.212. The maximum Gasteiger partial charge on any atom is 0.123 e. The highest BCUT2D eigenvalue weighted by molar-refractivity contribution is 5.19. The van der Waals surface area contributed by atoms with Gasteiger partial charge in [0.1, 0.15) is 5.82 Å². The van der Waals surface area contributed by atoms with Crippen molar-refractivity contribution >= 4 is 0 Å². The molecule has 0 fully saturated rings. The first-order chi connectivity index (χ1) is 6.74. The van der Waals surface area contributed by atoms with Crippen molar-refractivity contribution in [3.05, 3.63) is 35.6 Å². The highest BCUT2D eigenvalue weighted by Gasteiger charge is 2.03. The van der Waals surface area contributed by atoms with Crippen molar-refractivity contribution in [2.24, 2.45) is 0 Å². The van der Waals surface area contributed by atoms with E-state index in [9.17, 15) is 4.39 Å². The number of halogens is 1. The van der Waals surface area contributed by atoms with Crippen molar-refractivity contribution < 1.29 is 9.50 Å². The lowest BCUT2D eigenvalue weighted by Crippen LogP contribution is -2.20. The zero-order valence-corrected chi connectivity index (χ0v) is 8.33. The lowest BCUT2D eigenvalue weighted by atomic mass is 10.1. The maximum atomic E-state index is 12.6. The van der Waals surface area contributed by atoms with E-state index in [1.807, 2.05) is 6.92 Å². The maximum absolute atomic E-state index is 12.6. The Morgan fingerprint density at radius 1 is 1.36 bits per heavy atom. The molecule has 0 saturated carbocycles. The molecule has 78 valence electrons. The zero-order valence-electron chi connectivity index (χ0n) is 8.33. The third-order valence-electron chi connectivity index (χ3n) is 2.16. The Morgan fingerprint density at radius 2 is 2.00 bits per heavy atom. The SMILES string of the molecule is C[C@H](NCCCO)c1ccc(F)cc1. The van der Waals surface area contributed by atoms with E-state index in [1.165, 1.54) is 12.1 Å². The first-order valence-electron chi connectivity index (χ1n) is 4.83. The molecule has 14 heavy (non-hydrogen) atoms. The fourth-order valence-corrected chi connectivity index (χ4v) is 1.27. The monoisotopic (exact) mass is 197 g/mol. The molecule has 1 atom stereocenters. The van der Waals surface area contributed by atoms with Gasteiger partial charge in [0.15, 0.2) is 0 Å². The first kappa shape index (κ1) is 11.1. The van der Waals surface area contributed by atoms with Crippen LogP contribution in [0.15, 0.2) is 24.3 Å². The molecule has 2 N–H and O–H groups in total. The van der Waals surface area contributed by atoms with Crippen molar-refractivity contribution in [1.82, 2.24) is 5.32 Å². The Kier molecular flexibility index (Phi) is 4.56. The standard InChI is InChI=1S/C11H16FNO/c1-9(13-7-2-8-14)10-3-5-11(12)6-4-10/h3-6,9,13-14H,2,7-8H2,1H3/t9-/m0/s1. The van der Waals surface area contributed by atoms with E-state index in [2.05, 4.69) is 5.32 Å². The number of aliphatic hydroxyl groups excluding tert-OH is 1. The molecule has 0 heterocycles. The van der Waals surface area contributed by atoms with Crippen LogP contribution in [0.3, 0.4) is 0 Å². The van der Waals surface area contributed by atoms with Gasteiger partial charge in [0.25, 0.3) is 0 Å². The molecular formula is C11H16FNO. The number of benzene rings is 1. The van der Waals surface area contributed by atoms with E-state index < -0.39 is 0 Å². The lowest BCUT2D eigenvalue weighted by Gasteiger charge is -2.13. The fourth-order valence-electron chi connectivity index (χ4n) is 1.27. The summed E-state index contributed by atoms with van der Waals surface area (Å²) >= 11 is 0. The van der Waals surface area contributed by atoms with Gasteiger partial charge in [-0.1, -0.05) is 12.1 Å². The van der Waals surface area contributed by atoms with E-state index in [0.717, 1.165) is 18.5 Å². The van der Waals surface area contributed by atoms with Gasteiger partial charge in [0.05, 0.1) is 0 Å². The summed E-state index contributed by atoms with van der Waals surface area (Å²) in [5, 5.41) is 11.8. The lowest BCUT2D eigenvalue weighted by molar-refractivity contribution is 0.284. The van der Waals surface area contributed by atoms with Crippen molar-refractivity contribution in [3.63, 3.8) is 0 Å². The van der Waals surface area contributed by atoms with Gasteiger partial charge in [0.2, 0.25) is 0 Å². The summed E-state index contributed by atoms with van der Waals surface area (Å²) in [6.45, 7) is 2.99. The van der Waals surface area contributed by atoms with Crippen LogP contribution in [-0.2, 0) is 0 Å². The minimum atomic E-state index is -0.212. The van der Waals surface area contributed by atoms with Gasteiger partial charge >= 0.3 is 0 Å². The molecule has 0 aromatic heterocycles. The molecule has 0 aliphatic rings. The first-order valence-corrected chi connectivity index (χ1v) is 4.83. The molecule has 3 heteroatoms. The number of hydrogen-bond donors (Lipinski definition) is 2. The second-order valence-corrected chi connectivity index (χ2v) is 3.30. The molecule has 2 nitrogen and oxygen atoms in total. The molecule has 0 aliphatic carbocycles. The third-order valence-corrected chi connectivity index (χ3v) is 2.16. The topological polar surface area (TPSA) is 32.3 Å². The molecule has 1 aromatic rings. The van der Waals surface area contributed by atoms with Crippen LogP contribution < -0.4 is 5.32 Å². The average Bonchev–Trinajstić information content (AvgIpc) is 2.19. The summed E-state index contributed by atoms with van der Waals surface area (Å²) < 4.78 is 12.6. The Labute approximate surface area is 83.8 Å². The van der Waals surface area contributed by atoms with Crippen LogP contribution in [0.2, 0.25) is 0 Å².